The van der Waals surface area contributed by atoms with Gasteiger partial charge in [0.05, 0.1) is 27.7 Å². The molecule has 0 aromatic carbocycles. The van der Waals surface area contributed by atoms with E-state index < -0.39 is 32.5 Å². The van der Waals surface area contributed by atoms with Crippen LogP contribution in [0.25, 0.3) is 0 Å². The minimum Gasteiger partial charge on any atom is -0.756 e. The van der Waals surface area contributed by atoms with E-state index in [0.29, 0.717) is 36.7 Å². The standard InChI is InChI=1S/C43H76NO9P/c1-6-8-10-11-12-13-14-17-20-23-26-30-34-42(46)50-38-41(39-52-54(48,49)51-37-36-44(3,4)5)53-43(47)35-31-27-24-21-18-15-16-19-22-25-29-33-40(45)32-28-9-7-2/h15-16,21-22,24-25,29,33,41H,6-14,17-20,23,26-28,30-32,34-39H2,1-5H3/b16-15-,24-21-,25-22-,33-29+/t41-/m1/s1. The summed E-state index contributed by atoms with van der Waals surface area (Å²) in [6.07, 6.45) is 35.6. The van der Waals surface area contributed by atoms with Gasteiger partial charge in [-0.3, -0.25) is 18.9 Å². The SMILES string of the molecule is CCCCCCCCCCCCCCC(=O)OC[C@H](COP(=O)([O-])OCC[N+](C)(C)C)OC(=O)CCC/C=C\C/C=C\C/C=C\C=C\C(=O)CCCCC. The Kier molecular flexibility index (Phi) is 33.5. The van der Waals surface area contributed by atoms with Crippen LogP contribution in [-0.4, -0.2) is 75.8 Å². The summed E-state index contributed by atoms with van der Waals surface area (Å²) < 4.78 is 33.7. The molecule has 0 aliphatic rings. The fourth-order valence-electron chi connectivity index (χ4n) is 5.25. The molecule has 0 bridgehead atoms. The molecule has 0 amide bonds. The molecular formula is C43H76NO9P. The number of phosphoric ester groups is 1. The van der Waals surface area contributed by atoms with Crippen molar-refractivity contribution in [1.29, 1.82) is 0 Å². The summed E-state index contributed by atoms with van der Waals surface area (Å²) in [5.74, 6) is -0.770. The van der Waals surface area contributed by atoms with Gasteiger partial charge in [0.2, 0.25) is 0 Å². The van der Waals surface area contributed by atoms with Crippen LogP contribution in [0.4, 0.5) is 0 Å². The Morgan fingerprint density at radius 3 is 1.80 bits per heavy atom. The lowest BCUT2D eigenvalue weighted by atomic mass is 10.0. The Morgan fingerprint density at radius 1 is 0.630 bits per heavy atom. The summed E-state index contributed by atoms with van der Waals surface area (Å²) in [6.45, 7) is 3.96. The second-order valence-electron chi connectivity index (χ2n) is 15.0. The molecule has 1 unspecified atom stereocenters. The lowest BCUT2D eigenvalue weighted by molar-refractivity contribution is -0.870. The van der Waals surface area contributed by atoms with Crippen LogP contribution in [0, 0.1) is 0 Å². The van der Waals surface area contributed by atoms with E-state index >= 15 is 0 Å². The maximum Gasteiger partial charge on any atom is 0.306 e. The number of allylic oxidation sites excluding steroid dienone is 8. The maximum absolute atomic E-state index is 12.6. The van der Waals surface area contributed by atoms with Gasteiger partial charge in [0.15, 0.2) is 11.9 Å². The highest BCUT2D eigenvalue weighted by molar-refractivity contribution is 7.45. The summed E-state index contributed by atoms with van der Waals surface area (Å²) in [5, 5.41) is 0. The van der Waals surface area contributed by atoms with Gasteiger partial charge in [0, 0.05) is 19.3 Å². The molecule has 11 heteroatoms. The number of carbonyl (C=O) groups is 3. The Morgan fingerprint density at radius 2 is 1.17 bits per heavy atom. The van der Waals surface area contributed by atoms with Gasteiger partial charge in [0.25, 0.3) is 7.82 Å². The van der Waals surface area contributed by atoms with Crippen molar-refractivity contribution in [3.63, 3.8) is 0 Å². The van der Waals surface area contributed by atoms with Crippen LogP contribution in [-0.2, 0) is 37.5 Å². The molecule has 10 nitrogen and oxygen atoms in total. The average molecular weight is 782 g/mol. The number of esters is 2. The Labute approximate surface area is 329 Å². The normalized spacial score (nSPS) is 14.0. The topological polar surface area (TPSA) is 128 Å². The highest BCUT2D eigenvalue weighted by Gasteiger charge is 2.21. The largest absolute Gasteiger partial charge is 0.756 e. The van der Waals surface area contributed by atoms with E-state index in [0.717, 1.165) is 44.9 Å². The number of unbranched alkanes of at least 4 members (excludes halogenated alkanes) is 14. The smallest absolute Gasteiger partial charge is 0.306 e. The molecule has 0 saturated carbocycles. The molecule has 0 radical (unpaired) electrons. The van der Waals surface area contributed by atoms with Gasteiger partial charge in [-0.1, -0.05) is 140 Å². The third-order valence-electron chi connectivity index (χ3n) is 8.58. The maximum atomic E-state index is 12.6. The quantitative estimate of drug-likeness (QED) is 0.0115. The number of hydrogen-bond donors (Lipinski definition) is 0. The van der Waals surface area contributed by atoms with E-state index in [4.69, 9.17) is 18.5 Å². The first-order chi connectivity index (χ1) is 25.9. The van der Waals surface area contributed by atoms with Crippen molar-refractivity contribution in [3.05, 3.63) is 48.6 Å². The fourth-order valence-corrected chi connectivity index (χ4v) is 5.98. The van der Waals surface area contributed by atoms with Crippen LogP contribution in [0.5, 0.6) is 0 Å². The van der Waals surface area contributed by atoms with E-state index in [2.05, 4.69) is 26.0 Å². The lowest BCUT2D eigenvalue weighted by Crippen LogP contribution is -2.37. The number of carbonyl (C=O) groups excluding carboxylic acids is 3. The molecule has 0 heterocycles. The van der Waals surface area contributed by atoms with Crippen LogP contribution >= 0.6 is 7.82 Å². The minimum absolute atomic E-state index is 0.0524. The van der Waals surface area contributed by atoms with Gasteiger partial charge in [0.1, 0.15) is 19.8 Å². The van der Waals surface area contributed by atoms with Crippen molar-refractivity contribution in [2.24, 2.45) is 0 Å². The monoisotopic (exact) mass is 782 g/mol. The molecule has 0 fully saturated rings. The second-order valence-corrected chi connectivity index (χ2v) is 16.5. The number of likely N-dealkylation sites (N-methyl/N-ethyl adjacent to an activating group) is 1. The Balaban J connectivity index is 4.55. The number of nitrogens with zero attached hydrogens (tertiary/aromatic N) is 1. The summed E-state index contributed by atoms with van der Waals surface area (Å²) in [5.41, 5.74) is 0. The van der Waals surface area contributed by atoms with E-state index in [-0.39, 0.29) is 31.8 Å². The zero-order valence-corrected chi connectivity index (χ0v) is 35.5. The molecule has 0 N–H and O–H groups in total. The molecule has 312 valence electrons. The van der Waals surface area contributed by atoms with Crippen LogP contribution in [0.3, 0.4) is 0 Å². The van der Waals surface area contributed by atoms with Crippen molar-refractivity contribution in [1.82, 2.24) is 0 Å². The summed E-state index contributed by atoms with van der Waals surface area (Å²) in [4.78, 5) is 49.1. The highest BCUT2D eigenvalue weighted by Crippen LogP contribution is 2.38. The number of quaternary nitrogens is 1. The van der Waals surface area contributed by atoms with Crippen molar-refractivity contribution < 1.29 is 46.8 Å². The molecule has 0 rings (SSSR count). The van der Waals surface area contributed by atoms with Gasteiger partial charge < -0.3 is 27.9 Å². The van der Waals surface area contributed by atoms with Gasteiger partial charge in [-0.05, 0) is 44.6 Å². The van der Waals surface area contributed by atoms with Crippen molar-refractivity contribution in [3.8, 4) is 0 Å². The van der Waals surface area contributed by atoms with E-state index in [9.17, 15) is 23.8 Å². The number of phosphoric acid groups is 1. The number of rotatable bonds is 37. The first-order valence-electron chi connectivity index (χ1n) is 20.8. The van der Waals surface area contributed by atoms with Crippen LogP contribution < -0.4 is 4.89 Å². The van der Waals surface area contributed by atoms with Crippen molar-refractivity contribution in [2.75, 3.05) is 47.5 Å². The summed E-state index contributed by atoms with van der Waals surface area (Å²) in [7, 11) is 1.09. The van der Waals surface area contributed by atoms with Crippen LogP contribution in [0.2, 0.25) is 0 Å². The molecule has 54 heavy (non-hydrogen) atoms. The highest BCUT2D eigenvalue weighted by atomic mass is 31.2. The number of ketones is 1. The third-order valence-corrected chi connectivity index (χ3v) is 9.54. The number of ether oxygens (including phenoxy) is 2. The molecule has 2 atom stereocenters. The zero-order chi connectivity index (χ0) is 40.2. The van der Waals surface area contributed by atoms with Crippen LogP contribution in [0.15, 0.2) is 48.6 Å². The minimum atomic E-state index is -4.65. The van der Waals surface area contributed by atoms with E-state index in [1.54, 1.807) is 12.2 Å². The molecule has 0 aromatic heterocycles. The van der Waals surface area contributed by atoms with E-state index in [1.807, 2.05) is 45.4 Å². The molecule has 0 aliphatic carbocycles. The predicted molar refractivity (Wildman–Crippen MR) is 218 cm³/mol. The second kappa shape index (κ2) is 35.1. The van der Waals surface area contributed by atoms with Gasteiger partial charge in [-0.2, -0.15) is 0 Å². The Hall–Kier alpha value is -2.36. The van der Waals surface area contributed by atoms with Crippen molar-refractivity contribution in [2.45, 2.75) is 161 Å². The molecule has 0 spiro atoms. The summed E-state index contributed by atoms with van der Waals surface area (Å²) in [6, 6.07) is 0. The number of hydrogen-bond acceptors (Lipinski definition) is 9. The summed E-state index contributed by atoms with van der Waals surface area (Å²) >= 11 is 0. The van der Waals surface area contributed by atoms with Gasteiger partial charge >= 0.3 is 11.9 Å². The average Bonchev–Trinajstić information content (AvgIpc) is 3.11. The predicted octanol–water partition coefficient (Wildman–Crippen LogP) is 10.1. The molecule has 0 saturated heterocycles. The molecular weight excluding hydrogens is 705 g/mol. The molecule has 0 aromatic rings. The van der Waals surface area contributed by atoms with Crippen molar-refractivity contribution >= 4 is 25.5 Å². The Bertz CT molecular complexity index is 1130. The first-order valence-corrected chi connectivity index (χ1v) is 22.3. The van der Waals surface area contributed by atoms with Crippen LogP contribution in [0.1, 0.15) is 155 Å². The van der Waals surface area contributed by atoms with E-state index in [1.165, 1.54) is 57.8 Å². The zero-order valence-electron chi connectivity index (χ0n) is 34.6. The molecule has 0 aliphatic heterocycles. The van der Waals surface area contributed by atoms with Gasteiger partial charge in [-0.25, -0.2) is 0 Å². The third kappa shape index (κ3) is 37.9. The lowest BCUT2D eigenvalue weighted by Gasteiger charge is -2.28. The first kappa shape index (κ1) is 51.6. The fraction of sp³-hybridized carbons (Fsp3) is 0.744. The van der Waals surface area contributed by atoms with Gasteiger partial charge in [-0.15, -0.1) is 0 Å².